The van der Waals surface area contributed by atoms with E-state index in [1.54, 1.807) is 7.11 Å². The smallest absolute Gasteiger partial charge is 0.234 e. The van der Waals surface area contributed by atoms with Crippen LogP contribution >= 0.6 is 23.4 Å². The zero-order valence-electron chi connectivity index (χ0n) is 18.8. The third-order valence-corrected chi connectivity index (χ3v) is 6.14. The molecule has 1 heterocycles. The van der Waals surface area contributed by atoms with Gasteiger partial charge in [0, 0.05) is 22.1 Å². The Bertz CT molecular complexity index is 1260. The number of nitrogens with one attached hydrogen (secondary N) is 2. The maximum atomic E-state index is 12.5. The van der Waals surface area contributed by atoms with E-state index in [4.69, 9.17) is 16.3 Å². The number of anilines is 2. The number of hydrogen-bond acceptors (Lipinski definition) is 6. The zero-order chi connectivity index (χ0) is 23.9. The van der Waals surface area contributed by atoms with E-state index >= 15 is 0 Å². The van der Waals surface area contributed by atoms with E-state index in [-0.39, 0.29) is 11.7 Å². The average molecular weight is 494 g/mol. The molecule has 1 amide bonds. The number of halogens is 1. The summed E-state index contributed by atoms with van der Waals surface area (Å²) in [5.41, 5.74) is 3.65. The topological polar surface area (TPSA) is 81.1 Å². The summed E-state index contributed by atoms with van der Waals surface area (Å²) in [6.07, 6.45) is 0. The number of methoxy groups -OCH3 is 1. The van der Waals surface area contributed by atoms with Gasteiger partial charge in [0.1, 0.15) is 5.75 Å². The Labute approximate surface area is 207 Å². The van der Waals surface area contributed by atoms with Gasteiger partial charge in [0.25, 0.3) is 0 Å². The molecule has 0 atom stereocenters. The van der Waals surface area contributed by atoms with Crippen LogP contribution in [0.3, 0.4) is 0 Å². The molecule has 0 aliphatic heterocycles. The molecule has 0 aliphatic rings. The minimum Gasteiger partial charge on any atom is -0.497 e. The number of hydrogen-bond donors (Lipinski definition) is 2. The van der Waals surface area contributed by atoms with Gasteiger partial charge in [-0.1, -0.05) is 35.5 Å². The monoisotopic (exact) mass is 493 g/mol. The summed E-state index contributed by atoms with van der Waals surface area (Å²) in [7, 11) is 1.64. The Kier molecular flexibility index (Phi) is 7.72. The summed E-state index contributed by atoms with van der Waals surface area (Å²) in [5, 5.41) is 16.3. The van der Waals surface area contributed by atoms with Gasteiger partial charge in [-0.3, -0.25) is 9.36 Å². The highest BCUT2D eigenvalue weighted by Crippen LogP contribution is 2.25. The van der Waals surface area contributed by atoms with E-state index in [1.165, 1.54) is 11.8 Å². The molecule has 0 aliphatic carbocycles. The molecule has 34 heavy (non-hydrogen) atoms. The van der Waals surface area contributed by atoms with Gasteiger partial charge in [-0.25, -0.2) is 0 Å². The highest BCUT2D eigenvalue weighted by Gasteiger charge is 2.16. The predicted molar refractivity (Wildman–Crippen MR) is 137 cm³/mol. The van der Waals surface area contributed by atoms with Gasteiger partial charge in [-0.05, 0) is 73.2 Å². The molecule has 2 N–H and O–H groups in total. The Morgan fingerprint density at radius 2 is 1.79 bits per heavy atom. The van der Waals surface area contributed by atoms with Crippen molar-refractivity contribution in [3.8, 4) is 11.4 Å². The van der Waals surface area contributed by atoms with Crippen LogP contribution in [0, 0.1) is 6.92 Å². The molecule has 0 spiro atoms. The van der Waals surface area contributed by atoms with Gasteiger partial charge in [-0.2, -0.15) is 0 Å². The summed E-state index contributed by atoms with van der Waals surface area (Å²) >= 11 is 7.41. The number of carbonyl (C=O) groups is 1. The molecule has 0 saturated carbocycles. The van der Waals surface area contributed by atoms with Crippen LogP contribution in [0.15, 0.2) is 78.0 Å². The molecule has 0 radical (unpaired) electrons. The van der Waals surface area contributed by atoms with Gasteiger partial charge in [0.2, 0.25) is 5.91 Å². The molecular weight excluding hydrogens is 470 g/mol. The predicted octanol–water partition coefficient (Wildman–Crippen LogP) is 5.58. The second kappa shape index (κ2) is 11.1. The first-order valence-electron chi connectivity index (χ1n) is 10.6. The summed E-state index contributed by atoms with van der Waals surface area (Å²) in [4.78, 5) is 12.5. The number of rotatable bonds is 9. The molecule has 0 saturated heterocycles. The van der Waals surface area contributed by atoms with Crippen LogP contribution in [0.4, 0.5) is 11.4 Å². The van der Waals surface area contributed by atoms with E-state index in [9.17, 15) is 4.79 Å². The molecule has 4 rings (SSSR count). The molecule has 0 fully saturated rings. The molecule has 7 nitrogen and oxygen atoms in total. The maximum Gasteiger partial charge on any atom is 0.234 e. The van der Waals surface area contributed by atoms with Crippen molar-refractivity contribution in [2.45, 2.75) is 18.6 Å². The van der Waals surface area contributed by atoms with E-state index in [0.29, 0.717) is 22.5 Å². The Morgan fingerprint density at radius 1 is 1.03 bits per heavy atom. The van der Waals surface area contributed by atoms with Crippen LogP contribution in [0.5, 0.6) is 5.75 Å². The van der Waals surface area contributed by atoms with Crippen molar-refractivity contribution in [3.63, 3.8) is 0 Å². The molecule has 4 aromatic rings. The molecule has 3 aromatic carbocycles. The number of carbonyl (C=O) groups excluding carboxylic acids is 1. The SMILES string of the molecule is COc1ccc(NCc2nnc(SCC(=O)Nc3cccc(C)c3)n2-c2ccc(Cl)cc2)cc1. The second-order valence-corrected chi connectivity index (χ2v) is 8.88. The van der Waals surface area contributed by atoms with E-state index in [2.05, 4.69) is 20.8 Å². The van der Waals surface area contributed by atoms with Crippen molar-refractivity contribution < 1.29 is 9.53 Å². The largest absolute Gasteiger partial charge is 0.497 e. The number of nitrogens with zero attached hydrogens (tertiary/aromatic N) is 3. The molecule has 0 bridgehead atoms. The van der Waals surface area contributed by atoms with Crippen LogP contribution in [-0.2, 0) is 11.3 Å². The van der Waals surface area contributed by atoms with Gasteiger partial charge < -0.3 is 15.4 Å². The lowest BCUT2D eigenvalue weighted by molar-refractivity contribution is -0.113. The summed E-state index contributed by atoms with van der Waals surface area (Å²) in [6.45, 7) is 2.43. The van der Waals surface area contributed by atoms with Crippen molar-refractivity contribution in [2.75, 3.05) is 23.5 Å². The minimum atomic E-state index is -0.112. The van der Waals surface area contributed by atoms with Crippen molar-refractivity contribution in [3.05, 3.63) is 89.2 Å². The first-order chi connectivity index (χ1) is 16.5. The Morgan fingerprint density at radius 3 is 2.50 bits per heavy atom. The van der Waals surface area contributed by atoms with Gasteiger partial charge in [-0.15, -0.1) is 10.2 Å². The lowest BCUT2D eigenvalue weighted by Gasteiger charge is -2.12. The molecule has 9 heteroatoms. The number of ether oxygens (including phenoxy) is 1. The quantitative estimate of drug-likeness (QED) is 0.296. The van der Waals surface area contributed by atoms with Crippen LogP contribution in [-0.4, -0.2) is 33.5 Å². The Balaban J connectivity index is 1.50. The van der Waals surface area contributed by atoms with Crippen LogP contribution in [0.1, 0.15) is 11.4 Å². The van der Waals surface area contributed by atoms with Crippen molar-refractivity contribution >= 4 is 40.6 Å². The molecule has 174 valence electrons. The van der Waals surface area contributed by atoms with Gasteiger partial charge in [0.05, 0.1) is 19.4 Å². The third-order valence-electron chi connectivity index (χ3n) is 4.96. The third kappa shape index (κ3) is 6.09. The fourth-order valence-electron chi connectivity index (χ4n) is 3.30. The number of benzene rings is 3. The summed E-state index contributed by atoms with van der Waals surface area (Å²) in [6, 6.07) is 22.8. The standard InChI is InChI=1S/C25H24ClN5O2S/c1-17-4-3-5-20(14-17)28-24(32)16-34-25-30-29-23(31(25)21-10-6-18(26)7-11-21)15-27-19-8-12-22(33-2)13-9-19/h3-14,27H,15-16H2,1-2H3,(H,28,32). The van der Waals surface area contributed by atoms with Gasteiger partial charge >= 0.3 is 0 Å². The number of aromatic nitrogens is 3. The maximum absolute atomic E-state index is 12.5. The number of aryl methyl sites for hydroxylation is 1. The minimum absolute atomic E-state index is 0.112. The van der Waals surface area contributed by atoms with Crippen LogP contribution in [0.25, 0.3) is 5.69 Å². The van der Waals surface area contributed by atoms with E-state index in [1.807, 2.05) is 84.3 Å². The lowest BCUT2D eigenvalue weighted by atomic mass is 10.2. The van der Waals surface area contributed by atoms with Crippen LogP contribution < -0.4 is 15.4 Å². The van der Waals surface area contributed by atoms with Crippen molar-refractivity contribution in [1.29, 1.82) is 0 Å². The normalized spacial score (nSPS) is 10.7. The van der Waals surface area contributed by atoms with Gasteiger partial charge in [0.15, 0.2) is 11.0 Å². The fraction of sp³-hybridized carbons (Fsp3) is 0.160. The Hall–Kier alpha value is -3.49. The van der Waals surface area contributed by atoms with E-state index < -0.39 is 0 Å². The zero-order valence-corrected chi connectivity index (χ0v) is 20.4. The van der Waals surface area contributed by atoms with Crippen molar-refractivity contribution in [1.82, 2.24) is 14.8 Å². The molecule has 0 unspecified atom stereocenters. The second-order valence-electron chi connectivity index (χ2n) is 7.50. The highest BCUT2D eigenvalue weighted by molar-refractivity contribution is 7.99. The summed E-state index contributed by atoms with van der Waals surface area (Å²) in [5.74, 6) is 1.59. The number of thioether (sulfide) groups is 1. The average Bonchev–Trinajstić information content (AvgIpc) is 3.25. The number of amides is 1. The molecular formula is C25H24ClN5O2S. The van der Waals surface area contributed by atoms with Crippen LogP contribution in [0.2, 0.25) is 5.02 Å². The van der Waals surface area contributed by atoms with Crippen molar-refractivity contribution in [2.24, 2.45) is 0 Å². The fourth-order valence-corrected chi connectivity index (χ4v) is 4.19. The molecule has 1 aromatic heterocycles. The summed E-state index contributed by atoms with van der Waals surface area (Å²) < 4.78 is 7.14. The van der Waals surface area contributed by atoms with E-state index in [0.717, 1.165) is 28.4 Å². The first-order valence-corrected chi connectivity index (χ1v) is 12.0. The first kappa shape index (κ1) is 23.7. The highest BCUT2D eigenvalue weighted by atomic mass is 35.5. The lowest BCUT2D eigenvalue weighted by Crippen LogP contribution is -2.15.